The second kappa shape index (κ2) is 11.6. The molecule has 4 rings (SSSR count). The zero-order chi connectivity index (χ0) is 19.2. The molecule has 3 heteroatoms. The van der Waals surface area contributed by atoms with Crippen LogP contribution in [0.25, 0.3) is 0 Å². The Morgan fingerprint density at radius 3 is 0.828 bits per heavy atom. The maximum Gasteiger partial charge on any atom is 0.0126 e. The molecule has 1 radical (unpaired) electrons. The largest absolute Gasteiger partial charge is 0.0622 e. The van der Waals surface area contributed by atoms with Gasteiger partial charge in [0.05, 0.1) is 0 Å². The van der Waals surface area contributed by atoms with Gasteiger partial charge in [-0.2, -0.15) is 0 Å². The van der Waals surface area contributed by atoms with Crippen LogP contribution in [0, 0.1) is 49.4 Å². The predicted molar refractivity (Wildman–Crippen MR) is 128 cm³/mol. The summed E-state index contributed by atoms with van der Waals surface area (Å²) < 4.78 is 0. The van der Waals surface area contributed by atoms with Crippen LogP contribution in [0.1, 0.15) is 6.92 Å². The normalized spacial score (nSPS) is 10.9. The molecule has 0 aliphatic rings. The fraction of sp³-hybridized carbons (Fsp3) is 0.0769. The van der Waals surface area contributed by atoms with Crippen molar-refractivity contribution in [2.45, 2.75) is 12.3 Å². The summed E-state index contributed by atoms with van der Waals surface area (Å²) in [6.45, 7) is 2.46. The molecule has 0 spiro atoms. The third-order valence-electron chi connectivity index (χ3n) is 4.88. The zero-order valence-corrected chi connectivity index (χ0v) is 20.6. The first-order valence-corrected chi connectivity index (χ1v) is 12.5. The van der Waals surface area contributed by atoms with Crippen molar-refractivity contribution in [3.05, 3.63) is 121 Å². The number of hydrogen-bond donors (Lipinski definition) is 0. The van der Waals surface area contributed by atoms with Crippen LogP contribution < -0.4 is 21.2 Å². The van der Waals surface area contributed by atoms with Crippen molar-refractivity contribution in [3.8, 4) is 0 Å². The van der Waals surface area contributed by atoms with E-state index in [2.05, 4.69) is 128 Å². The summed E-state index contributed by atoms with van der Waals surface area (Å²) in [4.78, 5) is 0. The summed E-state index contributed by atoms with van der Waals surface area (Å²) in [7, 11) is -0.940. The van der Waals surface area contributed by atoms with Gasteiger partial charge in [0, 0.05) is 54.8 Å². The second-order valence-electron chi connectivity index (χ2n) is 6.71. The van der Waals surface area contributed by atoms with Crippen LogP contribution in [-0.4, -0.2) is 5.40 Å². The first kappa shape index (κ1) is 23.0. The van der Waals surface area contributed by atoms with Crippen molar-refractivity contribution < 1.29 is 49.4 Å². The quantitative estimate of drug-likeness (QED) is 0.275. The average molecular weight is 550 g/mol. The number of rotatable bonds is 6. The average Bonchev–Trinajstić information content (AvgIpc) is 2.77. The van der Waals surface area contributed by atoms with Gasteiger partial charge in [-0.15, -0.1) is 0 Å². The molecule has 0 N–H and O–H groups in total. The smallest absolute Gasteiger partial charge is 0.0126 e. The van der Waals surface area contributed by atoms with Crippen LogP contribution in [0.5, 0.6) is 0 Å². The number of hydrogen-bond acceptors (Lipinski definition) is 0. The summed E-state index contributed by atoms with van der Waals surface area (Å²) in [5.74, 6) is 0. The van der Waals surface area contributed by atoms with Gasteiger partial charge in [-0.05, 0) is 37.1 Å². The molecule has 0 saturated carbocycles. The SMILES string of the molecule is CC(P(c1ccccc1)c1ccccc1)P(c1ccccc1)c1ccccc1.[Eu]. The molecular weight excluding hydrogens is 526 g/mol. The van der Waals surface area contributed by atoms with E-state index in [0.29, 0.717) is 5.40 Å². The Balaban J connectivity index is 0.00000240. The minimum atomic E-state index is -0.470. The van der Waals surface area contributed by atoms with E-state index in [0.717, 1.165) is 0 Å². The third-order valence-corrected chi connectivity index (χ3v) is 11.2. The summed E-state index contributed by atoms with van der Waals surface area (Å²) in [6.07, 6.45) is 0. The maximum absolute atomic E-state index is 2.46. The molecule has 0 fully saturated rings. The molecular formula is C26H24EuP2. The molecule has 0 bridgehead atoms. The van der Waals surface area contributed by atoms with Gasteiger partial charge in [0.1, 0.15) is 0 Å². The molecule has 0 unspecified atom stereocenters. The van der Waals surface area contributed by atoms with Crippen LogP contribution in [0.2, 0.25) is 0 Å². The van der Waals surface area contributed by atoms with E-state index in [4.69, 9.17) is 0 Å². The van der Waals surface area contributed by atoms with Crippen LogP contribution in [-0.2, 0) is 0 Å². The molecule has 0 atom stereocenters. The van der Waals surface area contributed by atoms with E-state index in [1.807, 2.05) is 0 Å². The Labute approximate surface area is 217 Å². The molecule has 29 heavy (non-hydrogen) atoms. The van der Waals surface area contributed by atoms with Gasteiger partial charge >= 0.3 is 0 Å². The maximum atomic E-state index is 2.46. The van der Waals surface area contributed by atoms with Gasteiger partial charge in [-0.3, -0.25) is 0 Å². The second-order valence-corrected chi connectivity index (χ2v) is 12.2. The Bertz CT molecular complexity index is 814. The minimum Gasteiger partial charge on any atom is -0.0622 e. The van der Waals surface area contributed by atoms with E-state index in [9.17, 15) is 0 Å². The Morgan fingerprint density at radius 1 is 0.414 bits per heavy atom. The monoisotopic (exact) mass is 551 g/mol. The van der Waals surface area contributed by atoms with Crippen molar-refractivity contribution >= 4 is 37.1 Å². The first-order valence-electron chi connectivity index (χ1n) is 9.63. The molecule has 0 aromatic heterocycles. The van der Waals surface area contributed by atoms with E-state index in [-0.39, 0.29) is 49.4 Å². The van der Waals surface area contributed by atoms with E-state index in [1.165, 1.54) is 21.2 Å². The van der Waals surface area contributed by atoms with Gasteiger partial charge in [-0.25, -0.2) is 0 Å². The minimum absolute atomic E-state index is 0. The first-order chi connectivity index (χ1) is 13.8. The van der Waals surface area contributed by atoms with Crippen LogP contribution in [0.15, 0.2) is 121 Å². The Hall–Kier alpha value is -0.676. The van der Waals surface area contributed by atoms with Crippen LogP contribution >= 0.6 is 15.8 Å². The summed E-state index contributed by atoms with van der Waals surface area (Å²) in [6, 6.07) is 44.3. The van der Waals surface area contributed by atoms with Crippen molar-refractivity contribution in [3.63, 3.8) is 0 Å². The van der Waals surface area contributed by atoms with Crippen molar-refractivity contribution in [2.24, 2.45) is 0 Å². The standard InChI is InChI=1S/C26H24P2.Eu/c1-22(27(23-14-6-2-7-15-23)24-16-8-3-9-17-24)28(25-18-10-4-11-19-25)26-20-12-5-13-21-26;/h2-22H,1H3;. The molecule has 0 nitrogen and oxygen atoms in total. The topological polar surface area (TPSA) is 0 Å². The molecule has 145 valence electrons. The van der Waals surface area contributed by atoms with Crippen molar-refractivity contribution in [1.82, 2.24) is 0 Å². The van der Waals surface area contributed by atoms with Gasteiger partial charge in [0.2, 0.25) is 0 Å². The summed E-state index contributed by atoms with van der Waals surface area (Å²) in [5, 5.41) is 6.34. The molecule has 0 aliphatic carbocycles. The molecule has 0 aliphatic heterocycles. The van der Waals surface area contributed by atoms with Gasteiger partial charge in [0.15, 0.2) is 0 Å². The predicted octanol–water partition coefficient (Wildman–Crippen LogP) is 5.60. The van der Waals surface area contributed by atoms with Gasteiger partial charge in [0.25, 0.3) is 0 Å². The van der Waals surface area contributed by atoms with E-state index < -0.39 is 15.8 Å². The van der Waals surface area contributed by atoms with E-state index in [1.54, 1.807) is 0 Å². The molecule has 4 aromatic carbocycles. The van der Waals surface area contributed by atoms with Gasteiger partial charge in [-0.1, -0.05) is 128 Å². The Morgan fingerprint density at radius 2 is 0.621 bits per heavy atom. The van der Waals surface area contributed by atoms with Crippen LogP contribution in [0.4, 0.5) is 0 Å². The van der Waals surface area contributed by atoms with E-state index >= 15 is 0 Å². The third kappa shape index (κ3) is 5.73. The molecule has 0 amide bonds. The van der Waals surface area contributed by atoms with Crippen molar-refractivity contribution in [1.29, 1.82) is 0 Å². The molecule has 0 saturated heterocycles. The number of benzene rings is 4. The fourth-order valence-corrected chi connectivity index (χ4v) is 10.5. The van der Waals surface area contributed by atoms with Gasteiger partial charge < -0.3 is 0 Å². The zero-order valence-electron chi connectivity index (χ0n) is 16.4. The Kier molecular flexibility index (Phi) is 9.23. The summed E-state index contributed by atoms with van der Waals surface area (Å²) >= 11 is 0. The van der Waals surface area contributed by atoms with Crippen LogP contribution in [0.3, 0.4) is 0 Å². The molecule has 4 aromatic rings. The fourth-order valence-electron chi connectivity index (χ4n) is 3.63. The summed E-state index contributed by atoms with van der Waals surface area (Å²) in [5.41, 5.74) is 0. The van der Waals surface area contributed by atoms with Crippen molar-refractivity contribution in [2.75, 3.05) is 0 Å². The molecule has 0 heterocycles.